The summed E-state index contributed by atoms with van der Waals surface area (Å²) in [5, 5.41) is 2.58. The number of halogens is 2. The maximum atomic E-state index is 2.58. The molecule has 1 atom stereocenters. The molecule has 0 fully saturated rings. The molecule has 4 heteroatoms. The SMILES string of the molecule is CS[C]1([Ti+2]([CH3])[C]2=CC=CC2)CC=CC=C1C(C)(C)C.[Cl-].[Cl-]. The maximum Gasteiger partial charge on any atom is -1.00 e. The molecule has 2 aliphatic carbocycles. The van der Waals surface area contributed by atoms with E-state index >= 15 is 0 Å². The zero-order valence-electron chi connectivity index (χ0n) is 13.5. The Balaban J connectivity index is 0.00000200. The minimum Gasteiger partial charge on any atom is -1.00 e. The molecule has 2 rings (SSSR count). The van der Waals surface area contributed by atoms with E-state index in [0.717, 1.165) is 0 Å². The molecule has 0 aliphatic heterocycles. The third kappa shape index (κ3) is 4.33. The van der Waals surface area contributed by atoms with Crippen LogP contribution in [0.4, 0.5) is 0 Å². The van der Waals surface area contributed by atoms with Crippen LogP contribution in [0.25, 0.3) is 0 Å². The molecule has 1 unspecified atom stereocenters. The summed E-state index contributed by atoms with van der Waals surface area (Å²) in [7, 11) is 0. The number of hydrogen-bond acceptors (Lipinski definition) is 1. The summed E-state index contributed by atoms with van der Waals surface area (Å²) in [6, 6.07) is 0. The summed E-state index contributed by atoms with van der Waals surface area (Å²) in [6.07, 6.45) is 18.8. The molecule has 0 nitrogen and oxygen atoms in total. The predicted octanol–water partition coefficient (Wildman–Crippen LogP) is -0.504. The Hall–Kier alpha value is 0.604. The molecule has 21 heavy (non-hydrogen) atoms. The van der Waals surface area contributed by atoms with Gasteiger partial charge in [-0.25, -0.2) is 0 Å². The van der Waals surface area contributed by atoms with E-state index in [9.17, 15) is 0 Å². The maximum absolute atomic E-state index is 2.58. The van der Waals surface area contributed by atoms with Crippen molar-refractivity contribution in [2.45, 2.75) is 41.9 Å². The van der Waals surface area contributed by atoms with E-state index in [-0.39, 0.29) is 30.2 Å². The van der Waals surface area contributed by atoms with Crippen molar-refractivity contribution < 1.29 is 42.7 Å². The third-order valence-electron chi connectivity index (χ3n) is 4.25. The number of allylic oxidation sites excluding steroid dienone is 7. The zero-order valence-corrected chi connectivity index (χ0v) is 17.4. The van der Waals surface area contributed by atoms with Gasteiger partial charge >= 0.3 is 129 Å². The van der Waals surface area contributed by atoms with E-state index in [0.29, 0.717) is 3.05 Å². The van der Waals surface area contributed by atoms with E-state index < -0.39 is 17.9 Å². The van der Waals surface area contributed by atoms with Crippen molar-refractivity contribution in [3.05, 3.63) is 45.9 Å². The largest absolute Gasteiger partial charge is 1.00 e. The summed E-state index contributed by atoms with van der Waals surface area (Å²) in [5.41, 5.74) is 1.94. The molecule has 0 bridgehead atoms. The Bertz CT molecular complexity index is 472. The van der Waals surface area contributed by atoms with Gasteiger partial charge in [0.1, 0.15) is 0 Å². The molecule has 0 N–H and O–H groups in total. The molecular formula is C17H25Cl2STi. The fraction of sp³-hybridized carbons (Fsp3) is 0.529. The van der Waals surface area contributed by atoms with Gasteiger partial charge in [0, 0.05) is 0 Å². The van der Waals surface area contributed by atoms with Gasteiger partial charge in [-0.3, -0.25) is 0 Å². The molecule has 0 spiro atoms. The first-order chi connectivity index (χ1) is 8.92. The van der Waals surface area contributed by atoms with Gasteiger partial charge in [-0.15, -0.1) is 0 Å². The first-order valence-electron chi connectivity index (χ1n) is 7.05. The van der Waals surface area contributed by atoms with Gasteiger partial charge in [0.05, 0.1) is 0 Å². The molecule has 0 aromatic carbocycles. The number of hydrogen-bond donors (Lipinski definition) is 0. The molecule has 0 radical (unpaired) electrons. The Morgan fingerprint density at radius 2 is 1.71 bits per heavy atom. The number of rotatable bonds is 3. The van der Waals surface area contributed by atoms with Crippen molar-refractivity contribution in [3.8, 4) is 0 Å². The molecule has 0 saturated carbocycles. The summed E-state index contributed by atoms with van der Waals surface area (Å²) < 4.78 is 2.14. The fourth-order valence-electron chi connectivity index (χ4n) is 3.18. The van der Waals surface area contributed by atoms with Crippen molar-refractivity contribution in [1.82, 2.24) is 0 Å². The second-order valence-corrected chi connectivity index (χ2v) is 12.4. The molecule has 0 aromatic heterocycles. The topological polar surface area (TPSA) is 0 Å². The van der Waals surface area contributed by atoms with Crippen LogP contribution < -0.4 is 24.8 Å². The van der Waals surface area contributed by atoms with Crippen LogP contribution in [0, 0.1) is 5.41 Å². The van der Waals surface area contributed by atoms with Crippen molar-refractivity contribution >= 4 is 11.8 Å². The van der Waals surface area contributed by atoms with Crippen LogP contribution in [0.2, 0.25) is 5.23 Å². The average Bonchev–Trinajstić information content (AvgIpc) is 2.90. The van der Waals surface area contributed by atoms with E-state index in [2.05, 4.69) is 80.5 Å². The van der Waals surface area contributed by atoms with Gasteiger partial charge < -0.3 is 24.8 Å². The van der Waals surface area contributed by atoms with Crippen LogP contribution in [-0.4, -0.2) is 9.31 Å². The van der Waals surface area contributed by atoms with E-state index in [4.69, 9.17) is 0 Å². The smallest absolute Gasteiger partial charge is 1.00 e. The van der Waals surface area contributed by atoms with Crippen LogP contribution >= 0.6 is 11.8 Å². The van der Waals surface area contributed by atoms with E-state index in [1.54, 1.807) is 9.45 Å². The van der Waals surface area contributed by atoms with Crippen molar-refractivity contribution in [2.75, 3.05) is 6.26 Å². The predicted molar refractivity (Wildman–Crippen MR) is 85.2 cm³/mol. The van der Waals surface area contributed by atoms with Crippen LogP contribution in [-0.2, 0) is 17.9 Å². The standard InChI is InChI=1S/C11H17S.C5H5.CH3.2ClH.Ti/c1-11(2,3)9-7-5-6-8-10(9)12-4;1-2-4-5-3-1;;;;/h5-7H,8H2,1-4H3;1-3H,4H2;1H3;2*1H;/q;;;;;+2/p-2. The second kappa shape index (κ2) is 8.45. The normalized spacial score (nSPS) is 23.9. The Morgan fingerprint density at radius 1 is 1.10 bits per heavy atom. The monoisotopic (exact) mass is 379 g/mol. The average molecular weight is 380 g/mol. The Labute approximate surface area is 153 Å². The van der Waals surface area contributed by atoms with Crippen LogP contribution in [0.15, 0.2) is 45.9 Å². The summed E-state index contributed by atoms with van der Waals surface area (Å²) >= 11 is 0.806. The van der Waals surface area contributed by atoms with Crippen molar-refractivity contribution in [3.63, 3.8) is 0 Å². The first kappa shape index (κ1) is 21.6. The first-order valence-corrected chi connectivity index (χ1v) is 11.4. The van der Waals surface area contributed by atoms with Gasteiger partial charge in [0.2, 0.25) is 0 Å². The van der Waals surface area contributed by atoms with Crippen LogP contribution in [0.3, 0.4) is 0 Å². The molecule has 0 heterocycles. The van der Waals surface area contributed by atoms with Gasteiger partial charge in [-0.1, -0.05) is 0 Å². The van der Waals surface area contributed by atoms with Gasteiger partial charge in [0.15, 0.2) is 0 Å². The van der Waals surface area contributed by atoms with Gasteiger partial charge in [0.25, 0.3) is 0 Å². The Kier molecular flexibility index (Phi) is 8.70. The molecular weight excluding hydrogens is 355 g/mol. The summed E-state index contributed by atoms with van der Waals surface area (Å²) in [5.74, 6) is 0. The van der Waals surface area contributed by atoms with Crippen molar-refractivity contribution in [2.24, 2.45) is 5.41 Å². The molecule has 2 aliphatic rings. The van der Waals surface area contributed by atoms with Crippen LogP contribution in [0.1, 0.15) is 33.6 Å². The van der Waals surface area contributed by atoms with E-state index in [1.807, 2.05) is 0 Å². The molecule has 0 saturated heterocycles. The second-order valence-electron chi connectivity index (χ2n) is 6.44. The molecule has 0 amide bonds. The minimum absolute atomic E-state index is 0. The summed E-state index contributed by atoms with van der Waals surface area (Å²) in [6.45, 7) is 7.11. The van der Waals surface area contributed by atoms with Crippen LogP contribution in [0.5, 0.6) is 0 Å². The number of thioether (sulfide) groups is 1. The van der Waals surface area contributed by atoms with Gasteiger partial charge in [-0.2, -0.15) is 0 Å². The van der Waals surface area contributed by atoms with Gasteiger partial charge in [-0.05, 0) is 0 Å². The minimum atomic E-state index is -1.30. The van der Waals surface area contributed by atoms with Crippen molar-refractivity contribution in [1.29, 1.82) is 0 Å². The molecule has 117 valence electrons. The third-order valence-corrected chi connectivity index (χ3v) is 12.3. The Morgan fingerprint density at radius 3 is 2.19 bits per heavy atom. The molecule has 0 aromatic rings. The quantitative estimate of drug-likeness (QED) is 0.595. The zero-order chi connectivity index (χ0) is 14.1. The van der Waals surface area contributed by atoms with E-state index in [1.165, 1.54) is 12.8 Å². The fourth-order valence-corrected chi connectivity index (χ4v) is 10.3. The summed E-state index contributed by atoms with van der Waals surface area (Å²) in [4.78, 5) is 0.